The maximum absolute atomic E-state index is 13.4. The van der Waals surface area contributed by atoms with E-state index in [1.54, 1.807) is 25.1 Å². The molecule has 1 aliphatic heterocycles. The number of amides is 1. The molecule has 25 heavy (non-hydrogen) atoms. The Labute approximate surface area is 146 Å². The van der Waals surface area contributed by atoms with Crippen molar-refractivity contribution in [2.75, 3.05) is 38.0 Å². The summed E-state index contributed by atoms with van der Waals surface area (Å²) in [7, 11) is 0. The monoisotopic (exact) mass is 346 g/mol. The number of hydrogen-bond donors (Lipinski definition) is 1. The normalized spacial score (nSPS) is 17.4. The van der Waals surface area contributed by atoms with Crippen LogP contribution in [0, 0.1) is 12.7 Å². The van der Waals surface area contributed by atoms with Gasteiger partial charge in [-0.2, -0.15) is 0 Å². The predicted octanol–water partition coefficient (Wildman–Crippen LogP) is 2.44. The fourth-order valence-electron chi connectivity index (χ4n) is 3.09. The van der Waals surface area contributed by atoms with Crippen molar-refractivity contribution in [3.63, 3.8) is 0 Å². The van der Waals surface area contributed by atoms with Gasteiger partial charge in [0, 0.05) is 38.3 Å². The van der Waals surface area contributed by atoms with E-state index in [9.17, 15) is 9.18 Å². The Morgan fingerprint density at radius 2 is 2.08 bits per heavy atom. The van der Waals surface area contributed by atoms with Crippen molar-refractivity contribution < 1.29 is 13.7 Å². The summed E-state index contributed by atoms with van der Waals surface area (Å²) in [5.74, 6) is 0.0611. The van der Waals surface area contributed by atoms with Gasteiger partial charge in [0.25, 0.3) is 0 Å². The number of halogens is 1. The number of nitrogens with one attached hydrogen (secondary N) is 1. The molecule has 6 nitrogen and oxygen atoms in total. The SMILES string of the molecule is Cc1cc(NC(=O)CN2CCN(C(C)c3cccc(F)c3)CC2)on1. The molecule has 7 heteroatoms. The van der Waals surface area contributed by atoms with E-state index in [2.05, 4.69) is 27.2 Å². The Kier molecular flexibility index (Phi) is 5.45. The van der Waals surface area contributed by atoms with Gasteiger partial charge in [0.15, 0.2) is 0 Å². The third-order valence-electron chi connectivity index (χ3n) is 4.54. The minimum atomic E-state index is -0.206. The highest BCUT2D eigenvalue weighted by Gasteiger charge is 2.23. The molecule has 0 saturated carbocycles. The van der Waals surface area contributed by atoms with Crippen LogP contribution in [0.4, 0.5) is 10.3 Å². The van der Waals surface area contributed by atoms with Gasteiger partial charge in [0.05, 0.1) is 12.2 Å². The third-order valence-corrected chi connectivity index (χ3v) is 4.54. The zero-order chi connectivity index (χ0) is 17.8. The molecule has 0 radical (unpaired) electrons. The van der Waals surface area contributed by atoms with Crippen LogP contribution in [0.25, 0.3) is 0 Å². The summed E-state index contributed by atoms with van der Waals surface area (Å²) in [6.07, 6.45) is 0. The van der Waals surface area contributed by atoms with E-state index in [1.165, 1.54) is 6.07 Å². The van der Waals surface area contributed by atoms with Crippen LogP contribution < -0.4 is 5.32 Å². The molecule has 1 aromatic heterocycles. The molecule has 1 amide bonds. The Morgan fingerprint density at radius 3 is 2.72 bits per heavy atom. The number of carbonyl (C=O) groups excluding carboxylic acids is 1. The van der Waals surface area contributed by atoms with Crippen LogP contribution >= 0.6 is 0 Å². The molecular formula is C18H23FN4O2. The second-order valence-electron chi connectivity index (χ2n) is 6.42. The largest absolute Gasteiger partial charge is 0.338 e. The maximum atomic E-state index is 13.4. The topological polar surface area (TPSA) is 61.6 Å². The summed E-state index contributed by atoms with van der Waals surface area (Å²) in [5, 5.41) is 6.46. The van der Waals surface area contributed by atoms with E-state index >= 15 is 0 Å². The Hall–Kier alpha value is -2.25. The summed E-state index contributed by atoms with van der Waals surface area (Å²) < 4.78 is 18.4. The quantitative estimate of drug-likeness (QED) is 0.901. The number of nitrogens with zero attached hydrogens (tertiary/aromatic N) is 3. The highest BCUT2D eigenvalue weighted by molar-refractivity contribution is 5.90. The highest BCUT2D eigenvalue weighted by atomic mass is 19.1. The van der Waals surface area contributed by atoms with Crippen LogP contribution in [0.15, 0.2) is 34.9 Å². The number of benzene rings is 1. The van der Waals surface area contributed by atoms with Crippen molar-refractivity contribution in [2.24, 2.45) is 0 Å². The van der Waals surface area contributed by atoms with E-state index in [1.807, 2.05) is 6.07 Å². The molecule has 1 fully saturated rings. The van der Waals surface area contributed by atoms with Crippen LogP contribution in [-0.4, -0.2) is 53.6 Å². The van der Waals surface area contributed by atoms with E-state index in [-0.39, 0.29) is 17.8 Å². The van der Waals surface area contributed by atoms with Gasteiger partial charge < -0.3 is 4.52 Å². The molecule has 1 atom stereocenters. The molecule has 2 aromatic rings. The molecule has 1 unspecified atom stereocenters. The van der Waals surface area contributed by atoms with Crippen LogP contribution in [0.2, 0.25) is 0 Å². The second kappa shape index (κ2) is 7.76. The molecule has 0 spiro atoms. The average molecular weight is 346 g/mol. The van der Waals surface area contributed by atoms with Crippen molar-refractivity contribution in [1.82, 2.24) is 15.0 Å². The standard InChI is InChI=1S/C18H23FN4O2/c1-13-10-18(25-21-13)20-17(24)12-22-6-8-23(9-7-22)14(2)15-4-3-5-16(19)11-15/h3-5,10-11,14H,6-9,12H2,1-2H3,(H,20,24). The first-order chi connectivity index (χ1) is 12.0. The van der Waals surface area contributed by atoms with Gasteiger partial charge in [-0.25, -0.2) is 4.39 Å². The Morgan fingerprint density at radius 1 is 1.32 bits per heavy atom. The first-order valence-electron chi connectivity index (χ1n) is 8.46. The average Bonchev–Trinajstić information content (AvgIpc) is 2.99. The van der Waals surface area contributed by atoms with E-state index in [0.717, 1.165) is 37.4 Å². The molecule has 1 aromatic carbocycles. The number of aryl methyl sites for hydroxylation is 1. The lowest BCUT2D eigenvalue weighted by Gasteiger charge is -2.37. The number of rotatable bonds is 5. The van der Waals surface area contributed by atoms with E-state index in [0.29, 0.717) is 12.4 Å². The minimum absolute atomic E-state index is 0.109. The van der Waals surface area contributed by atoms with Gasteiger partial charge in [-0.15, -0.1) is 0 Å². The third kappa shape index (κ3) is 4.64. The van der Waals surface area contributed by atoms with Crippen molar-refractivity contribution in [3.05, 3.63) is 47.4 Å². The summed E-state index contributed by atoms with van der Waals surface area (Å²) in [5.41, 5.74) is 1.71. The molecule has 1 aliphatic rings. The Balaban J connectivity index is 1.47. The highest BCUT2D eigenvalue weighted by Crippen LogP contribution is 2.22. The van der Waals surface area contributed by atoms with Crippen LogP contribution in [0.5, 0.6) is 0 Å². The lowest BCUT2D eigenvalue weighted by molar-refractivity contribution is -0.117. The van der Waals surface area contributed by atoms with Gasteiger partial charge in [0.2, 0.25) is 11.8 Å². The van der Waals surface area contributed by atoms with E-state index < -0.39 is 0 Å². The van der Waals surface area contributed by atoms with Gasteiger partial charge in [-0.1, -0.05) is 17.3 Å². The molecule has 0 bridgehead atoms. The van der Waals surface area contributed by atoms with Crippen LogP contribution in [0.1, 0.15) is 24.2 Å². The van der Waals surface area contributed by atoms with Gasteiger partial charge in [-0.3, -0.25) is 19.9 Å². The number of hydrogen-bond acceptors (Lipinski definition) is 5. The fourth-order valence-corrected chi connectivity index (χ4v) is 3.09. The maximum Gasteiger partial charge on any atom is 0.240 e. The van der Waals surface area contributed by atoms with Crippen molar-refractivity contribution in [1.29, 1.82) is 0 Å². The summed E-state index contributed by atoms with van der Waals surface area (Å²) in [4.78, 5) is 16.5. The fraction of sp³-hybridized carbons (Fsp3) is 0.444. The zero-order valence-electron chi connectivity index (χ0n) is 14.5. The zero-order valence-corrected chi connectivity index (χ0v) is 14.5. The lowest BCUT2D eigenvalue weighted by Crippen LogP contribution is -2.49. The lowest BCUT2D eigenvalue weighted by atomic mass is 10.1. The van der Waals surface area contributed by atoms with E-state index in [4.69, 9.17) is 4.52 Å². The van der Waals surface area contributed by atoms with Gasteiger partial charge >= 0.3 is 0 Å². The molecule has 3 rings (SSSR count). The van der Waals surface area contributed by atoms with Gasteiger partial charge in [0.1, 0.15) is 5.82 Å². The number of piperazine rings is 1. The molecule has 0 aliphatic carbocycles. The predicted molar refractivity (Wildman–Crippen MR) is 92.7 cm³/mol. The first-order valence-corrected chi connectivity index (χ1v) is 8.46. The smallest absolute Gasteiger partial charge is 0.240 e. The van der Waals surface area contributed by atoms with Crippen molar-refractivity contribution in [3.8, 4) is 0 Å². The van der Waals surface area contributed by atoms with Crippen LogP contribution in [0.3, 0.4) is 0 Å². The number of carbonyl (C=O) groups is 1. The molecule has 2 heterocycles. The van der Waals surface area contributed by atoms with Gasteiger partial charge in [-0.05, 0) is 31.5 Å². The minimum Gasteiger partial charge on any atom is -0.338 e. The molecule has 134 valence electrons. The Bertz CT molecular complexity index is 725. The van der Waals surface area contributed by atoms with Crippen LogP contribution in [-0.2, 0) is 4.79 Å². The number of aromatic nitrogens is 1. The summed E-state index contributed by atoms with van der Waals surface area (Å²) in [6.45, 7) is 7.48. The second-order valence-corrected chi connectivity index (χ2v) is 6.42. The summed E-state index contributed by atoms with van der Waals surface area (Å²) in [6, 6.07) is 8.59. The summed E-state index contributed by atoms with van der Waals surface area (Å²) >= 11 is 0. The molecular weight excluding hydrogens is 323 g/mol. The molecule has 1 saturated heterocycles. The van der Waals surface area contributed by atoms with Crippen molar-refractivity contribution in [2.45, 2.75) is 19.9 Å². The molecule has 1 N–H and O–H groups in total. The number of anilines is 1. The first kappa shape index (κ1) is 17.6. The van der Waals surface area contributed by atoms with Crippen molar-refractivity contribution >= 4 is 11.8 Å².